The summed E-state index contributed by atoms with van der Waals surface area (Å²) in [6.45, 7) is 0.378. The fourth-order valence-corrected chi connectivity index (χ4v) is 1.74. The highest BCUT2D eigenvalue weighted by molar-refractivity contribution is 7.98. The number of thioether (sulfide) groups is 1. The molecule has 0 aliphatic rings. The zero-order chi connectivity index (χ0) is 12.7. The molecule has 0 fully saturated rings. The Balaban J connectivity index is 0. The zero-order valence-electron chi connectivity index (χ0n) is 10.5. The minimum absolute atomic E-state index is 0. The summed E-state index contributed by atoms with van der Waals surface area (Å²) in [7, 11) is 0. The summed E-state index contributed by atoms with van der Waals surface area (Å²) in [5.41, 5.74) is 6.40. The van der Waals surface area contributed by atoms with Crippen LogP contribution in [0, 0.1) is 0 Å². The van der Waals surface area contributed by atoms with Gasteiger partial charge < -0.3 is 16.0 Å². The van der Waals surface area contributed by atoms with Crippen LogP contribution in [0.1, 0.15) is 12.0 Å². The molecule has 0 saturated heterocycles. The lowest BCUT2D eigenvalue weighted by Gasteiger charge is -2.11. The Morgan fingerprint density at radius 1 is 1.47 bits per heavy atom. The van der Waals surface area contributed by atoms with Gasteiger partial charge in [0.1, 0.15) is 0 Å². The number of nitrogens with one attached hydrogen (secondary N) is 2. The molecule has 0 unspecified atom stereocenters. The monoisotopic (exact) mass is 327 g/mol. The summed E-state index contributed by atoms with van der Waals surface area (Å²) < 4.78 is 0. The van der Waals surface area contributed by atoms with Crippen molar-refractivity contribution in [3.63, 3.8) is 0 Å². The molecule has 1 aromatic rings. The molecule has 8 heteroatoms. The predicted octanol–water partition coefficient (Wildman–Crippen LogP) is 0.915. The van der Waals surface area contributed by atoms with E-state index >= 15 is 0 Å². The van der Waals surface area contributed by atoms with Gasteiger partial charge in [0.15, 0.2) is 0 Å². The van der Waals surface area contributed by atoms with Gasteiger partial charge >= 0.3 is 0 Å². The van der Waals surface area contributed by atoms with Crippen molar-refractivity contribution in [2.45, 2.75) is 19.0 Å². The van der Waals surface area contributed by atoms with Crippen LogP contribution in [0.4, 0.5) is 0 Å². The summed E-state index contributed by atoms with van der Waals surface area (Å²) in [6, 6.07) is 2.63. The van der Waals surface area contributed by atoms with Crippen molar-refractivity contribution in [1.29, 1.82) is 0 Å². The molecular weight excluding hydrogens is 309 g/mol. The molecule has 1 heterocycles. The van der Waals surface area contributed by atoms with E-state index in [2.05, 4.69) is 10.3 Å². The lowest BCUT2D eigenvalue weighted by Crippen LogP contribution is -2.40. The Labute approximate surface area is 128 Å². The molecule has 110 valence electrons. The number of carbonyl (C=O) groups excluding carboxylic acids is 1. The Kier molecular flexibility index (Phi) is 12.1. The third-order valence-corrected chi connectivity index (χ3v) is 2.93. The van der Waals surface area contributed by atoms with Crippen LogP contribution < -0.4 is 16.6 Å². The molecule has 1 rings (SSSR count). The molecule has 1 aromatic heterocycles. The summed E-state index contributed by atoms with van der Waals surface area (Å²) in [4.78, 5) is 24.9. The number of nitrogens with two attached hydrogens (primary N) is 1. The van der Waals surface area contributed by atoms with Crippen LogP contribution in [-0.4, -0.2) is 28.9 Å². The zero-order valence-corrected chi connectivity index (χ0v) is 13.0. The van der Waals surface area contributed by atoms with E-state index in [-0.39, 0.29) is 36.3 Å². The Hall–Kier alpha value is -0.690. The van der Waals surface area contributed by atoms with E-state index in [9.17, 15) is 9.59 Å². The second-order valence-electron chi connectivity index (χ2n) is 3.67. The summed E-state index contributed by atoms with van der Waals surface area (Å²) in [5, 5.41) is 2.73. The number of halogens is 2. The number of hydrogen-bond acceptors (Lipinski definition) is 4. The molecule has 0 aromatic carbocycles. The number of amides is 1. The second kappa shape index (κ2) is 11.2. The van der Waals surface area contributed by atoms with Gasteiger partial charge in [0.05, 0.1) is 6.04 Å². The first-order valence-corrected chi connectivity index (χ1v) is 6.72. The van der Waals surface area contributed by atoms with Gasteiger partial charge in [-0.25, -0.2) is 0 Å². The average Bonchev–Trinajstić information content (AvgIpc) is 2.34. The molecule has 0 saturated carbocycles. The minimum Gasteiger partial charge on any atom is -0.351 e. The molecule has 19 heavy (non-hydrogen) atoms. The van der Waals surface area contributed by atoms with Crippen molar-refractivity contribution in [2.24, 2.45) is 5.73 Å². The highest BCUT2D eigenvalue weighted by Gasteiger charge is 2.11. The molecule has 1 amide bonds. The van der Waals surface area contributed by atoms with Crippen molar-refractivity contribution in [3.05, 3.63) is 34.2 Å². The van der Waals surface area contributed by atoms with Crippen molar-refractivity contribution in [2.75, 3.05) is 12.0 Å². The van der Waals surface area contributed by atoms with E-state index in [0.717, 1.165) is 11.3 Å². The second-order valence-corrected chi connectivity index (χ2v) is 4.65. The van der Waals surface area contributed by atoms with Crippen molar-refractivity contribution in [1.82, 2.24) is 10.3 Å². The fraction of sp³-hybridized carbons (Fsp3) is 0.455. The van der Waals surface area contributed by atoms with Crippen LogP contribution in [0.25, 0.3) is 0 Å². The SMILES string of the molecule is CSCC[C@H](N)C(=O)NCc1ccc(=O)[nH]c1.Cl.Cl. The molecular formula is C11H19Cl2N3O2S. The normalized spacial score (nSPS) is 10.8. The predicted molar refractivity (Wildman–Crippen MR) is 84.4 cm³/mol. The van der Waals surface area contributed by atoms with Gasteiger partial charge in [-0.1, -0.05) is 6.07 Å². The molecule has 0 aliphatic carbocycles. The van der Waals surface area contributed by atoms with Gasteiger partial charge in [0.2, 0.25) is 11.5 Å². The van der Waals surface area contributed by atoms with E-state index < -0.39 is 6.04 Å². The number of rotatable bonds is 6. The van der Waals surface area contributed by atoms with Gasteiger partial charge in [0, 0.05) is 18.8 Å². The summed E-state index contributed by atoms with van der Waals surface area (Å²) >= 11 is 1.66. The van der Waals surface area contributed by atoms with Crippen LogP contribution in [0.15, 0.2) is 23.1 Å². The smallest absolute Gasteiger partial charge is 0.247 e. The first-order chi connectivity index (χ1) is 8.13. The van der Waals surface area contributed by atoms with E-state index in [0.29, 0.717) is 13.0 Å². The average molecular weight is 328 g/mol. The maximum Gasteiger partial charge on any atom is 0.247 e. The highest BCUT2D eigenvalue weighted by atomic mass is 35.5. The number of hydrogen-bond donors (Lipinski definition) is 3. The third-order valence-electron chi connectivity index (χ3n) is 2.29. The first kappa shape index (κ1) is 20.6. The minimum atomic E-state index is -0.467. The number of aromatic amines is 1. The summed E-state index contributed by atoms with van der Waals surface area (Å²) in [6.07, 6.45) is 4.22. The summed E-state index contributed by atoms with van der Waals surface area (Å²) in [5.74, 6) is 0.706. The van der Waals surface area contributed by atoms with Crippen LogP contribution in [0.2, 0.25) is 0 Å². The van der Waals surface area contributed by atoms with Crippen LogP contribution in [-0.2, 0) is 11.3 Å². The van der Waals surface area contributed by atoms with E-state index in [1.54, 1.807) is 24.0 Å². The van der Waals surface area contributed by atoms with Gasteiger partial charge in [-0.15, -0.1) is 24.8 Å². The lowest BCUT2D eigenvalue weighted by atomic mass is 10.2. The first-order valence-electron chi connectivity index (χ1n) is 5.33. The van der Waals surface area contributed by atoms with Gasteiger partial charge in [-0.2, -0.15) is 11.8 Å². The number of carbonyl (C=O) groups is 1. The Morgan fingerprint density at radius 3 is 2.68 bits per heavy atom. The van der Waals surface area contributed by atoms with E-state index in [4.69, 9.17) is 5.73 Å². The molecule has 1 atom stereocenters. The van der Waals surface area contributed by atoms with Crippen LogP contribution >= 0.6 is 36.6 Å². The third kappa shape index (κ3) is 8.15. The standard InChI is InChI=1S/C11H17N3O2S.2ClH/c1-17-5-4-9(12)11(16)14-7-8-2-3-10(15)13-6-8;;/h2-3,6,9H,4-5,7,12H2,1H3,(H,13,15)(H,14,16);2*1H/t9-;;/m0../s1. The molecule has 0 spiro atoms. The maximum absolute atomic E-state index is 11.6. The van der Waals surface area contributed by atoms with E-state index in [1.807, 2.05) is 6.26 Å². The largest absolute Gasteiger partial charge is 0.351 e. The number of H-pyrrole nitrogens is 1. The molecule has 0 aliphatic heterocycles. The number of aromatic nitrogens is 1. The van der Waals surface area contributed by atoms with Crippen LogP contribution in [0.5, 0.6) is 0 Å². The van der Waals surface area contributed by atoms with Gasteiger partial charge in [-0.3, -0.25) is 9.59 Å². The molecule has 4 N–H and O–H groups in total. The Morgan fingerprint density at radius 2 is 2.16 bits per heavy atom. The lowest BCUT2D eigenvalue weighted by molar-refractivity contribution is -0.122. The van der Waals surface area contributed by atoms with Crippen LogP contribution in [0.3, 0.4) is 0 Å². The van der Waals surface area contributed by atoms with Crippen molar-refractivity contribution >= 4 is 42.5 Å². The topological polar surface area (TPSA) is 88.0 Å². The van der Waals surface area contributed by atoms with Gasteiger partial charge in [0.25, 0.3) is 0 Å². The van der Waals surface area contributed by atoms with E-state index in [1.165, 1.54) is 6.07 Å². The maximum atomic E-state index is 11.6. The molecule has 0 bridgehead atoms. The molecule has 5 nitrogen and oxygen atoms in total. The molecule has 0 radical (unpaired) electrons. The van der Waals surface area contributed by atoms with Gasteiger partial charge in [-0.05, 0) is 24.0 Å². The highest BCUT2D eigenvalue weighted by Crippen LogP contribution is 1.99. The number of pyridine rings is 1. The Bertz CT molecular complexity index is 408. The van der Waals surface area contributed by atoms with Crippen molar-refractivity contribution in [3.8, 4) is 0 Å². The quantitative estimate of drug-likeness (QED) is 0.724. The van der Waals surface area contributed by atoms with Crippen molar-refractivity contribution < 1.29 is 4.79 Å². The fourth-order valence-electron chi connectivity index (χ4n) is 1.25.